The molecular weight excluding hydrogens is 277 g/mol. The molecule has 0 spiro atoms. The largest absolute Gasteiger partial charge is 0.488 e. The summed E-state index contributed by atoms with van der Waals surface area (Å²) in [6, 6.07) is 7.41. The molecule has 0 aliphatic rings. The highest BCUT2D eigenvalue weighted by molar-refractivity contribution is 14.1. The zero-order valence-electron chi connectivity index (χ0n) is 6.96. The third-order valence-electron chi connectivity index (χ3n) is 1.42. The summed E-state index contributed by atoms with van der Waals surface area (Å²) in [5, 5.41) is 8.65. The molecular formula is C10H8INO. The molecule has 0 saturated carbocycles. The lowest BCUT2D eigenvalue weighted by Gasteiger charge is -2.05. The fraction of sp³-hybridized carbons (Fsp3) is 0.100. The average Bonchev–Trinajstić information content (AvgIpc) is 2.17. The zero-order valence-corrected chi connectivity index (χ0v) is 9.11. The van der Waals surface area contributed by atoms with Crippen molar-refractivity contribution in [3.05, 3.63) is 40.0 Å². The van der Waals surface area contributed by atoms with Gasteiger partial charge in [0, 0.05) is 0 Å². The Morgan fingerprint density at radius 2 is 2.38 bits per heavy atom. The minimum atomic E-state index is 0.463. The van der Waals surface area contributed by atoms with Crippen LogP contribution < -0.4 is 4.74 Å². The van der Waals surface area contributed by atoms with E-state index in [2.05, 4.69) is 35.2 Å². The van der Waals surface area contributed by atoms with Crippen LogP contribution in [0.2, 0.25) is 0 Å². The lowest BCUT2D eigenvalue weighted by molar-refractivity contribution is 0.360. The summed E-state index contributed by atoms with van der Waals surface area (Å²) in [6.45, 7) is 4.02. The molecule has 66 valence electrons. The first-order valence-electron chi connectivity index (χ1n) is 3.71. The van der Waals surface area contributed by atoms with E-state index in [1.165, 1.54) is 0 Å². The molecule has 0 fully saturated rings. The van der Waals surface area contributed by atoms with Crippen molar-refractivity contribution in [3.63, 3.8) is 0 Å². The Labute approximate surface area is 91.0 Å². The van der Waals surface area contributed by atoms with E-state index in [9.17, 15) is 0 Å². The molecule has 0 aliphatic heterocycles. The third kappa shape index (κ3) is 2.74. The van der Waals surface area contributed by atoms with Crippen molar-refractivity contribution >= 4 is 22.6 Å². The first-order chi connectivity index (χ1) is 6.27. The lowest BCUT2D eigenvalue weighted by Crippen LogP contribution is -1.95. The quantitative estimate of drug-likeness (QED) is 0.632. The number of benzene rings is 1. The van der Waals surface area contributed by atoms with Gasteiger partial charge in [-0.3, -0.25) is 0 Å². The lowest BCUT2D eigenvalue weighted by atomic mass is 10.2. The van der Waals surface area contributed by atoms with E-state index < -0.39 is 0 Å². The van der Waals surface area contributed by atoms with Crippen LogP contribution in [0.4, 0.5) is 0 Å². The minimum absolute atomic E-state index is 0.463. The van der Waals surface area contributed by atoms with Crippen molar-refractivity contribution in [2.75, 3.05) is 6.61 Å². The smallest absolute Gasteiger partial charge is 0.134 e. The Balaban J connectivity index is 2.91. The molecule has 1 rings (SSSR count). The number of halogens is 1. The Morgan fingerprint density at radius 3 is 3.00 bits per heavy atom. The molecule has 1 aromatic carbocycles. The van der Waals surface area contributed by atoms with Gasteiger partial charge in [0.2, 0.25) is 0 Å². The van der Waals surface area contributed by atoms with Crippen LogP contribution in [-0.2, 0) is 0 Å². The topological polar surface area (TPSA) is 33.0 Å². The van der Waals surface area contributed by atoms with Gasteiger partial charge in [-0.2, -0.15) is 5.26 Å². The molecule has 0 radical (unpaired) electrons. The van der Waals surface area contributed by atoms with Crippen LogP contribution in [0.25, 0.3) is 0 Å². The summed E-state index contributed by atoms with van der Waals surface area (Å²) >= 11 is 2.16. The van der Waals surface area contributed by atoms with Crippen molar-refractivity contribution in [1.29, 1.82) is 5.26 Å². The van der Waals surface area contributed by atoms with Crippen molar-refractivity contribution in [2.24, 2.45) is 0 Å². The van der Waals surface area contributed by atoms with Gasteiger partial charge < -0.3 is 4.74 Å². The predicted octanol–water partition coefficient (Wildman–Crippen LogP) is 2.73. The standard InChI is InChI=1S/C10H8INO/c1-2-5-13-10-6-8(7-12)3-4-9(10)11/h2-4,6H,1,5H2. The first-order valence-corrected chi connectivity index (χ1v) is 4.79. The number of nitrogens with zero attached hydrogens (tertiary/aromatic N) is 1. The van der Waals surface area contributed by atoms with Gasteiger partial charge in [-0.05, 0) is 40.8 Å². The van der Waals surface area contributed by atoms with E-state index in [1.807, 2.05) is 6.07 Å². The molecule has 0 bridgehead atoms. The highest BCUT2D eigenvalue weighted by atomic mass is 127. The van der Waals surface area contributed by atoms with Gasteiger partial charge in [0.25, 0.3) is 0 Å². The highest BCUT2D eigenvalue weighted by Crippen LogP contribution is 2.21. The van der Waals surface area contributed by atoms with Crippen LogP contribution in [0, 0.1) is 14.9 Å². The maximum atomic E-state index is 8.65. The van der Waals surface area contributed by atoms with Gasteiger partial charge in [-0.15, -0.1) is 0 Å². The van der Waals surface area contributed by atoms with E-state index in [1.54, 1.807) is 18.2 Å². The summed E-state index contributed by atoms with van der Waals surface area (Å²) < 4.78 is 6.35. The second-order valence-electron chi connectivity index (χ2n) is 2.36. The van der Waals surface area contributed by atoms with Crippen molar-refractivity contribution < 1.29 is 4.74 Å². The van der Waals surface area contributed by atoms with E-state index in [0.717, 1.165) is 9.32 Å². The molecule has 13 heavy (non-hydrogen) atoms. The van der Waals surface area contributed by atoms with Crippen molar-refractivity contribution in [2.45, 2.75) is 0 Å². The maximum Gasteiger partial charge on any atom is 0.134 e. The average molecular weight is 285 g/mol. The molecule has 0 atom stereocenters. The third-order valence-corrected chi connectivity index (χ3v) is 2.31. The Hall–Kier alpha value is -1.02. The molecule has 0 heterocycles. The number of nitriles is 1. The van der Waals surface area contributed by atoms with Crippen LogP contribution in [0.15, 0.2) is 30.9 Å². The molecule has 0 aromatic heterocycles. The monoisotopic (exact) mass is 285 g/mol. The molecule has 0 saturated heterocycles. The SMILES string of the molecule is C=CCOc1cc(C#N)ccc1I. The number of hydrogen-bond donors (Lipinski definition) is 0. The molecule has 2 nitrogen and oxygen atoms in total. The summed E-state index contributed by atoms with van der Waals surface area (Å²) in [6.07, 6.45) is 1.68. The van der Waals surface area contributed by atoms with E-state index in [4.69, 9.17) is 10.00 Å². The van der Waals surface area contributed by atoms with E-state index >= 15 is 0 Å². The maximum absolute atomic E-state index is 8.65. The van der Waals surface area contributed by atoms with Crippen molar-refractivity contribution in [3.8, 4) is 11.8 Å². The molecule has 0 N–H and O–H groups in total. The van der Waals surface area contributed by atoms with Gasteiger partial charge in [-0.25, -0.2) is 0 Å². The van der Waals surface area contributed by atoms with Gasteiger partial charge in [0.15, 0.2) is 0 Å². The van der Waals surface area contributed by atoms with Crippen LogP contribution >= 0.6 is 22.6 Å². The predicted molar refractivity (Wildman–Crippen MR) is 59.6 cm³/mol. The normalized spacial score (nSPS) is 8.92. The first kappa shape index (κ1) is 10.1. The summed E-state index contributed by atoms with van der Waals surface area (Å²) in [5.41, 5.74) is 0.611. The highest BCUT2D eigenvalue weighted by Gasteiger charge is 2.00. The second-order valence-corrected chi connectivity index (χ2v) is 3.52. The summed E-state index contributed by atoms with van der Waals surface area (Å²) in [7, 11) is 0. The van der Waals surface area contributed by atoms with Crippen LogP contribution in [0.1, 0.15) is 5.56 Å². The Morgan fingerprint density at radius 1 is 1.62 bits per heavy atom. The van der Waals surface area contributed by atoms with Gasteiger partial charge in [0.1, 0.15) is 12.4 Å². The second kappa shape index (κ2) is 4.87. The van der Waals surface area contributed by atoms with Crippen LogP contribution in [-0.4, -0.2) is 6.61 Å². The Kier molecular flexibility index (Phi) is 3.77. The molecule has 0 amide bonds. The molecule has 0 unspecified atom stereocenters. The fourth-order valence-corrected chi connectivity index (χ4v) is 1.32. The summed E-state index contributed by atoms with van der Waals surface area (Å²) in [4.78, 5) is 0. The number of hydrogen-bond acceptors (Lipinski definition) is 2. The summed E-state index contributed by atoms with van der Waals surface area (Å²) in [5.74, 6) is 0.736. The van der Waals surface area contributed by atoms with E-state index in [-0.39, 0.29) is 0 Å². The Bertz CT molecular complexity index is 354. The number of rotatable bonds is 3. The molecule has 3 heteroatoms. The number of ether oxygens (including phenoxy) is 1. The van der Waals surface area contributed by atoms with Crippen LogP contribution in [0.5, 0.6) is 5.75 Å². The van der Waals surface area contributed by atoms with Crippen molar-refractivity contribution in [1.82, 2.24) is 0 Å². The van der Waals surface area contributed by atoms with Gasteiger partial charge in [-0.1, -0.05) is 12.7 Å². The molecule has 0 aliphatic carbocycles. The van der Waals surface area contributed by atoms with Crippen LogP contribution in [0.3, 0.4) is 0 Å². The molecule has 1 aromatic rings. The van der Waals surface area contributed by atoms with Gasteiger partial charge in [0.05, 0.1) is 15.2 Å². The van der Waals surface area contributed by atoms with Gasteiger partial charge >= 0.3 is 0 Å². The van der Waals surface area contributed by atoms with E-state index in [0.29, 0.717) is 12.2 Å². The zero-order chi connectivity index (χ0) is 9.68. The minimum Gasteiger partial charge on any atom is -0.488 e. The fourth-order valence-electron chi connectivity index (χ4n) is 0.832.